The molecule has 18 heavy (non-hydrogen) atoms. The topological polar surface area (TPSA) is 30.0 Å². The fourth-order valence-corrected chi connectivity index (χ4v) is 3.14. The molecule has 0 aromatic heterocycles. The zero-order chi connectivity index (χ0) is 12.6. The molecule has 0 spiro atoms. The molecular weight excluding hydrogens is 226 g/mol. The number of rotatable bonds is 6. The summed E-state index contributed by atoms with van der Waals surface area (Å²) in [5.41, 5.74) is 0. The second kappa shape index (κ2) is 8.10. The molecule has 2 aliphatic heterocycles. The number of hydrogen-bond donors (Lipinski definition) is 1. The summed E-state index contributed by atoms with van der Waals surface area (Å²) in [6.07, 6.45) is 5.38. The number of β-amino-alcohol motifs (C(OH)–C–C–N with tert-alkyl or cyclic N) is 1. The Bertz CT molecular complexity index is 219. The van der Waals surface area contributed by atoms with Gasteiger partial charge in [-0.2, -0.15) is 0 Å². The Hall–Kier alpha value is -0.160. The summed E-state index contributed by atoms with van der Waals surface area (Å²) in [7, 11) is 0. The van der Waals surface area contributed by atoms with E-state index < -0.39 is 0 Å². The van der Waals surface area contributed by atoms with Crippen molar-refractivity contribution in [2.45, 2.75) is 25.7 Å². The molecule has 2 fully saturated rings. The van der Waals surface area contributed by atoms with Crippen molar-refractivity contribution in [1.82, 2.24) is 14.7 Å². The number of hydrogen-bond acceptors (Lipinski definition) is 4. The number of likely N-dealkylation sites (tertiary alicyclic amines) is 1. The minimum atomic E-state index is 0.301. The molecule has 0 aromatic carbocycles. The SMILES string of the molecule is OCCN1CCCN(CCCN2CCCC2)CC1. The van der Waals surface area contributed by atoms with Crippen LogP contribution in [0.4, 0.5) is 0 Å². The molecule has 2 aliphatic rings. The third-order valence-corrected chi connectivity index (χ3v) is 4.24. The molecule has 0 amide bonds. The van der Waals surface area contributed by atoms with Crippen molar-refractivity contribution < 1.29 is 5.11 Å². The van der Waals surface area contributed by atoms with Gasteiger partial charge in [0.1, 0.15) is 0 Å². The van der Waals surface area contributed by atoms with Crippen LogP contribution in [0.15, 0.2) is 0 Å². The van der Waals surface area contributed by atoms with Crippen LogP contribution >= 0.6 is 0 Å². The lowest BCUT2D eigenvalue weighted by molar-refractivity contribution is 0.195. The molecule has 2 heterocycles. The highest BCUT2D eigenvalue weighted by Gasteiger charge is 2.15. The highest BCUT2D eigenvalue weighted by Crippen LogP contribution is 2.08. The summed E-state index contributed by atoms with van der Waals surface area (Å²) in [4.78, 5) is 7.60. The van der Waals surface area contributed by atoms with Crippen LogP contribution in [-0.2, 0) is 0 Å². The van der Waals surface area contributed by atoms with Gasteiger partial charge in [0, 0.05) is 19.6 Å². The van der Waals surface area contributed by atoms with Gasteiger partial charge in [-0.1, -0.05) is 0 Å². The third kappa shape index (κ3) is 4.84. The molecule has 0 aromatic rings. The monoisotopic (exact) mass is 255 g/mol. The van der Waals surface area contributed by atoms with Crippen LogP contribution in [0, 0.1) is 0 Å². The fourth-order valence-electron chi connectivity index (χ4n) is 3.14. The Balaban J connectivity index is 1.58. The van der Waals surface area contributed by atoms with Crippen LogP contribution in [0.25, 0.3) is 0 Å². The highest BCUT2D eigenvalue weighted by molar-refractivity contribution is 4.71. The molecule has 0 atom stereocenters. The van der Waals surface area contributed by atoms with Gasteiger partial charge in [-0.05, 0) is 65.0 Å². The van der Waals surface area contributed by atoms with Gasteiger partial charge in [0.25, 0.3) is 0 Å². The van der Waals surface area contributed by atoms with Crippen LogP contribution in [-0.4, -0.2) is 85.3 Å². The Morgan fingerprint density at radius 2 is 1.11 bits per heavy atom. The summed E-state index contributed by atoms with van der Waals surface area (Å²) in [6, 6.07) is 0. The van der Waals surface area contributed by atoms with Crippen molar-refractivity contribution in [2.75, 3.05) is 65.5 Å². The average molecular weight is 255 g/mol. The van der Waals surface area contributed by atoms with Gasteiger partial charge in [0.05, 0.1) is 6.61 Å². The minimum Gasteiger partial charge on any atom is -0.395 e. The van der Waals surface area contributed by atoms with Gasteiger partial charge in [-0.3, -0.25) is 4.90 Å². The van der Waals surface area contributed by atoms with E-state index in [1.807, 2.05) is 0 Å². The highest BCUT2D eigenvalue weighted by atomic mass is 16.3. The van der Waals surface area contributed by atoms with E-state index in [2.05, 4.69) is 14.7 Å². The van der Waals surface area contributed by atoms with Gasteiger partial charge < -0.3 is 14.9 Å². The van der Waals surface area contributed by atoms with Crippen LogP contribution in [0.2, 0.25) is 0 Å². The summed E-state index contributed by atoms with van der Waals surface area (Å²) in [5, 5.41) is 8.98. The molecule has 0 unspecified atom stereocenters. The van der Waals surface area contributed by atoms with Crippen LogP contribution in [0.1, 0.15) is 25.7 Å². The van der Waals surface area contributed by atoms with E-state index in [1.54, 1.807) is 0 Å². The van der Waals surface area contributed by atoms with Crippen molar-refractivity contribution in [3.05, 3.63) is 0 Å². The molecule has 0 saturated carbocycles. The first kappa shape index (κ1) is 14.3. The van der Waals surface area contributed by atoms with E-state index in [0.29, 0.717) is 6.61 Å². The summed E-state index contributed by atoms with van der Waals surface area (Å²) in [6.45, 7) is 11.0. The van der Waals surface area contributed by atoms with Crippen LogP contribution in [0.3, 0.4) is 0 Å². The Morgan fingerprint density at radius 1 is 0.611 bits per heavy atom. The average Bonchev–Trinajstić information content (AvgIpc) is 2.78. The Kier molecular flexibility index (Phi) is 6.41. The van der Waals surface area contributed by atoms with Gasteiger partial charge in [-0.15, -0.1) is 0 Å². The van der Waals surface area contributed by atoms with Gasteiger partial charge >= 0.3 is 0 Å². The number of aliphatic hydroxyl groups is 1. The van der Waals surface area contributed by atoms with Crippen molar-refractivity contribution in [1.29, 1.82) is 0 Å². The first-order valence-corrected chi connectivity index (χ1v) is 7.66. The molecule has 106 valence electrons. The van der Waals surface area contributed by atoms with Crippen molar-refractivity contribution >= 4 is 0 Å². The lowest BCUT2D eigenvalue weighted by Gasteiger charge is -2.22. The molecule has 0 bridgehead atoms. The molecule has 4 heteroatoms. The second-order valence-electron chi connectivity index (χ2n) is 5.66. The lowest BCUT2D eigenvalue weighted by atomic mass is 10.3. The summed E-state index contributed by atoms with van der Waals surface area (Å²) < 4.78 is 0. The van der Waals surface area contributed by atoms with E-state index in [0.717, 1.165) is 19.6 Å². The summed E-state index contributed by atoms with van der Waals surface area (Å²) >= 11 is 0. The minimum absolute atomic E-state index is 0.301. The summed E-state index contributed by atoms with van der Waals surface area (Å²) in [5.74, 6) is 0. The molecule has 0 radical (unpaired) electrons. The van der Waals surface area contributed by atoms with E-state index in [9.17, 15) is 0 Å². The predicted molar refractivity (Wildman–Crippen MR) is 74.9 cm³/mol. The zero-order valence-electron chi connectivity index (χ0n) is 11.7. The third-order valence-electron chi connectivity index (χ3n) is 4.24. The molecule has 4 nitrogen and oxygen atoms in total. The normalized spacial score (nSPS) is 24.5. The second-order valence-corrected chi connectivity index (χ2v) is 5.66. The number of nitrogens with zero attached hydrogens (tertiary/aromatic N) is 3. The Labute approximate surface area is 112 Å². The van der Waals surface area contributed by atoms with E-state index >= 15 is 0 Å². The predicted octanol–water partition coefficient (Wildman–Crippen LogP) is 0.472. The van der Waals surface area contributed by atoms with E-state index in [4.69, 9.17) is 5.11 Å². The van der Waals surface area contributed by atoms with Crippen molar-refractivity contribution in [3.8, 4) is 0 Å². The lowest BCUT2D eigenvalue weighted by Crippen LogP contribution is -2.34. The first-order chi connectivity index (χ1) is 8.88. The van der Waals surface area contributed by atoms with E-state index in [-0.39, 0.29) is 0 Å². The zero-order valence-corrected chi connectivity index (χ0v) is 11.7. The quantitative estimate of drug-likeness (QED) is 0.747. The molecule has 0 aliphatic carbocycles. The maximum absolute atomic E-state index is 8.98. The van der Waals surface area contributed by atoms with Crippen LogP contribution < -0.4 is 0 Å². The molecule has 1 N–H and O–H groups in total. The van der Waals surface area contributed by atoms with Crippen LogP contribution in [0.5, 0.6) is 0 Å². The standard InChI is InChI=1S/C14H29N3O/c18-14-13-17-10-4-9-16(11-12-17)8-3-7-15-5-1-2-6-15/h18H,1-14H2. The van der Waals surface area contributed by atoms with Gasteiger partial charge in [0.2, 0.25) is 0 Å². The van der Waals surface area contributed by atoms with Crippen molar-refractivity contribution in [2.24, 2.45) is 0 Å². The Morgan fingerprint density at radius 3 is 1.72 bits per heavy atom. The number of aliphatic hydroxyl groups excluding tert-OH is 1. The van der Waals surface area contributed by atoms with Crippen molar-refractivity contribution in [3.63, 3.8) is 0 Å². The maximum Gasteiger partial charge on any atom is 0.0558 e. The molecular formula is C14H29N3O. The smallest absolute Gasteiger partial charge is 0.0558 e. The van der Waals surface area contributed by atoms with E-state index in [1.165, 1.54) is 65.0 Å². The first-order valence-electron chi connectivity index (χ1n) is 7.66. The van der Waals surface area contributed by atoms with Gasteiger partial charge in [-0.25, -0.2) is 0 Å². The molecule has 2 rings (SSSR count). The largest absolute Gasteiger partial charge is 0.395 e. The fraction of sp³-hybridized carbons (Fsp3) is 1.00. The van der Waals surface area contributed by atoms with Gasteiger partial charge in [0.15, 0.2) is 0 Å². The maximum atomic E-state index is 8.98. The molecule has 2 saturated heterocycles.